The van der Waals surface area contributed by atoms with Gasteiger partial charge < -0.3 is 4.74 Å². The Bertz CT molecular complexity index is 595. The van der Waals surface area contributed by atoms with E-state index in [2.05, 4.69) is 6.07 Å². The molecule has 2 aromatic carbocycles. The fourth-order valence-electron chi connectivity index (χ4n) is 1.74. The maximum atomic E-state index is 12.4. The molecule has 0 N–H and O–H groups in total. The van der Waals surface area contributed by atoms with E-state index in [0.717, 1.165) is 23.3 Å². The van der Waals surface area contributed by atoms with Crippen LogP contribution in [-0.4, -0.2) is 0 Å². The minimum absolute atomic E-state index is 0.221. The second-order valence-electron chi connectivity index (χ2n) is 4.41. The van der Waals surface area contributed by atoms with Crippen LogP contribution in [0.5, 0.6) is 11.5 Å². The number of rotatable bonds is 2. The first kappa shape index (κ1) is 14.7. The molecule has 0 aromatic heterocycles. The Kier molecular flexibility index (Phi) is 3.95. The summed E-state index contributed by atoms with van der Waals surface area (Å²) >= 11 is 6.04. The van der Waals surface area contributed by atoms with Crippen molar-refractivity contribution in [2.45, 2.75) is 20.0 Å². The Morgan fingerprint density at radius 3 is 2.15 bits per heavy atom. The van der Waals surface area contributed by atoms with Gasteiger partial charge in [0.25, 0.3) is 0 Å². The molecule has 2 rings (SSSR count). The highest BCUT2D eigenvalue weighted by molar-refractivity contribution is 6.32. The lowest BCUT2D eigenvalue weighted by atomic mass is 10.1. The highest BCUT2D eigenvalue weighted by Crippen LogP contribution is 2.32. The molecule has 2 aromatic rings. The predicted octanol–water partition coefficient (Wildman–Crippen LogP) is 5.57. The lowest BCUT2D eigenvalue weighted by Crippen LogP contribution is -2.04. The summed E-state index contributed by atoms with van der Waals surface area (Å²) < 4.78 is 42.7. The van der Waals surface area contributed by atoms with E-state index in [-0.39, 0.29) is 5.75 Å². The number of hydrogen-bond donors (Lipinski definition) is 0. The van der Waals surface area contributed by atoms with Gasteiger partial charge in [0.15, 0.2) is 0 Å². The van der Waals surface area contributed by atoms with Gasteiger partial charge in [-0.25, -0.2) is 0 Å². The molecule has 0 bridgehead atoms. The van der Waals surface area contributed by atoms with E-state index in [9.17, 15) is 13.2 Å². The molecule has 0 saturated heterocycles. The molecule has 0 unspecified atom stereocenters. The molecule has 0 saturated carbocycles. The van der Waals surface area contributed by atoms with Crippen molar-refractivity contribution in [3.8, 4) is 11.5 Å². The maximum Gasteiger partial charge on any atom is 0.416 e. The average molecular weight is 300 g/mol. The van der Waals surface area contributed by atoms with E-state index in [4.69, 9.17) is 16.3 Å². The van der Waals surface area contributed by atoms with Gasteiger partial charge in [0.2, 0.25) is 0 Å². The van der Waals surface area contributed by atoms with Crippen molar-refractivity contribution in [1.82, 2.24) is 0 Å². The van der Waals surface area contributed by atoms with Crippen LogP contribution in [0.15, 0.2) is 30.3 Å². The number of alkyl halides is 3. The Morgan fingerprint density at radius 2 is 1.70 bits per heavy atom. The molecule has 0 heterocycles. The third-order valence-corrected chi connectivity index (χ3v) is 3.35. The van der Waals surface area contributed by atoms with Gasteiger partial charge in [-0.1, -0.05) is 11.6 Å². The van der Waals surface area contributed by atoms with Crippen molar-refractivity contribution in [2.24, 2.45) is 0 Å². The first-order chi connectivity index (χ1) is 9.27. The second kappa shape index (κ2) is 5.37. The summed E-state index contributed by atoms with van der Waals surface area (Å²) in [6.07, 6.45) is -4.37. The predicted molar refractivity (Wildman–Crippen MR) is 71.3 cm³/mol. The SMILES string of the molecule is Cc1cc(Oc2[c]cc(C(F)(F)F)cc2)cc(C)c1Cl. The topological polar surface area (TPSA) is 9.23 Å². The molecule has 0 aliphatic rings. The highest BCUT2D eigenvalue weighted by atomic mass is 35.5. The Labute approximate surface area is 119 Å². The van der Waals surface area contributed by atoms with Crippen LogP contribution >= 0.6 is 11.6 Å². The molecule has 0 aliphatic carbocycles. The van der Waals surface area contributed by atoms with E-state index in [1.54, 1.807) is 12.1 Å². The van der Waals surface area contributed by atoms with Gasteiger partial charge in [-0.3, -0.25) is 0 Å². The smallest absolute Gasteiger partial charge is 0.416 e. The second-order valence-corrected chi connectivity index (χ2v) is 4.79. The number of halogens is 4. The third kappa shape index (κ3) is 3.25. The summed E-state index contributed by atoms with van der Waals surface area (Å²) in [5, 5.41) is 0.647. The summed E-state index contributed by atoms with van der Waals surface area (Å²) in [5.74, 6) is 0.736. The van der Waals surface area contributed by atoms with Crippen molar-refractivity contribution in [3.05, 3.63) is 58.1 Å². The van der Waals surface area contributed by atoms with Crippen LogP contribution in [0, 0.1) is 19.9 Å². The molecule has 1 nitrogen and oxygen atoms in total. The highest BCUT2D eigenvalue weighted by Gasteiger charge is 2.30. The number of ether oxygens (including phenoxy) is 1. The standard InChI is InChI=1S/C15H11ClF3O/c1-9-7-13(8-10(2)14(9)16)20-12-5-3-11(4-6-12)15(17,18)19/h3-5,7-8H,1-2H3. The molecular formula is C15H11ClF3O. The zero-order valence-corrected chi connectivity index (χ0v) is 11.6. The molecule has 0 aliphatic heterocycles. The van der Waals surface area contributed by atoms with Crippen LogP contribution in [0.1, 0.15) is 16.7 Å². The normalized spacial score (nSPS) is 11.5. The largest absolute Gasteiger partial charge is 0.457 e. The van der Waals surface area contributed by atoms with Crippen LogP contribution in [0.2, 0.25) is 5.02 Å². The molecule has 0 spiro atoms. The first-order valence-electron chi connectivity index (χ1n) is 5.81. The average Bonchev–Trinajstić information content (AvgIpc) is 2.35. The molecule has 0 fully saturated rings. The monoisotopic (exact) mass is 299 g/mol. The van der Waals surface area contributed by atoms with Crippen LogP contribution in [0.25, 0.3) is 0 Å². The molecule has 20 heavy (non-hydrogen) atoms. The zero-order valence-electron chi connectivity index (χ0n) is 10.8. The molecule has 5 heteroatoms. The summed E-state index contributed by atoms with van der Waals surface area (Å²) in [4.78, 5) is 0. The molecule has 1 radical (unpaired) electrons. The van der Waals surface area contributed by atoms with Gasteiger partial charge in [-0.05, 0) is 55.3 Å². The first-order valence-corrected chi connectivity index (χ1v) is 6.18. The van der Waals surface area contributed by atoms with Crippen molar-refractivity contribution >= 4 is 11.6 Å². The number of benzene rings is 2. The minimum Gasteiger partial charge on any atom is -0.457 e. The molecule has 0 atom stereocenters. The van der Waals surface area contributed by atoms with Gasteiger partial charge in [0.1, 0.15) is 11.5 Å². The van der Waals surface area contributed by atoms with Crippen LogP contribution in [-0.2, 0) is 6.18 Å². The van der Waals surface area contributed by atoms with Gasteiger partial charge in [-0.15, -0.1) is 0 Å². The van der Waals surface area contributed by atoms with Crippen LogP contribution in [0.4, 0.5) is 13.2 Å². The maximum absolute atomic E-state index is 12.4. The third-order valence-electron chi connectivity index (χ3n) is 2.75. The van der Waals surface area contributed by atoms with E-state index in [1.807, 2.05) is 13.8 Å². The van der Waals surface area contributed by atoms with Gasteiger partial charge in [0.05, 0.1) is 5.56 Å². The Morgan fingerprint density at radius 1 is 1.10 bits per heavy atom. The van der Waals surface area contributed by atoms with Gasteiger partial charge in [0, 0.05) is 11.1 Å². The minimum atomic E-state index is -4.37. The Hall–Kier alpha value is -1.68. The fraction of sp³-hybridized carbons (Fsp3) is 0.200. The zero-order chi connectivity index (χ0) is 14.9. The van der Waals surface area contributed by atoms with Crippen molar-refractivity contribution in [3.63, 3.8) is 0 Å². The van der Waals surface area contributed by atoms with Gasteiger partial charge >= 0.3 is 6.18 Å². The fourth-order valence-corrected chi connectivity index (χ4v) is 1.85. The van der Waals surface area contributed by atoms with Crippen molar-refractivity contribution < 1.29 is 17.9 Å². The van der Waals surface area contributed by atoms with E-state index < -0.39 is 11.7 Å². The van der Waals surface area contributed by atoms with Crippen LogP contribution in [0.3, 0.4) is 0 Å². The quantitative estimate of drug-likeness (QED) is 0.704. The molecule has 0 amide bonds. The lowest BCUT2D eigenvalue weighted by molar-refractivity contribution is -0.137. The lowest BCUT2D eigenvalue weighted by Gasteiger charge is -2.10. The van der Waals surface area contributed by atoms with Gasteiger partial charge in [-0.2, -0.15) is 13.2 Å². The summed E-state index contributed by atoms with van der Waals surface area (Å²) in [7, 11) is 0. The van der Waals surface area contributed by atoms with Crippen molar-refractivity contribution in [2.75, 3.05) is 0 Å². The van der Waals surface area contributed by atoms with E-state index >= 15 is 0 Å². The van der Waals surface area contributed by atoms with Crippen molar-refractivity contribution in [1.29, 1.82) is 0 Å². The van der Waals surface area contributed by atoms with E-state index in [1.165, 1.54) is 6.07 Å². The summed E-state index contributed by atoms with van der Waals surface area (Å²) in [6.45, 7) is 3.66. The van der Waals surface area contributed by atoms with Crippen LogP contribution < -0.4 is 4.74 Å². The molecule has 105 valence electrons. The number of hydrogen-bond acceptors (Lipinski definition) is 1. The molecular weight excluding hydrogens is 289 g/mol. The summed E-state index contributed by atoms with van der Waals surface area (Å²) in [6, 6.07) is 8.98. The summed E-state index contributed by atoms with van der Waals surface area (Å²) in [5.41, 5.74) is 0.926. The van der Waals surface area contributed by atoms with E-state index in [0.29, 0.717) is 10.8 Å². The number of aryl methyl sites for hydroxylation is 2. The Balaban J connectivity index is 2.23.